The number of hydrogen-bond donors (Lipinski definition) is 2. The SMILES string of the molecule is O=C(CCN1C(=O)CCc2ccccc21)NCC1(O)CCCCCC1. The summed E-state index contributed by atoms with van der Waals surface area (Å²) in [6, 6.07) is 7.88. The molecule has 0 bridgehead atoms. The third-order valence-electron chi connectivity index (χ3n) is 5.40. The first kappa shape index (κ1) is 17.9. The predicted octanol–water partition coefficient (Wildman–Crippen LogP) is 2.56. The van der Waals surface area contributed by atoms with Crippen LogP contribution < -0.4 is 10.2 Å². The van der Waals surface area contributed by atoms with E-state index in [1.54, 1.807) is 4.90 Å². The number of anilines is 1. The number of aliphatic hydroxyl groups is 1. The highest BCUT2D eigenvalue weighted by molar-refractivity contribution is 5.96. The first-order chi connectivity index (χ1) is 12.1. The summed E-state index contributed by atoms with van der Waals surface area (Å²) in [6.07, 6.45) is 7.39. The van der Waals surface area contributed by atoms with Crippen LogP contribution in [0.3, 0.4) is 0 Å². The van der Waals surface area contributed by atoms with Gasteiger partial charge in [0.2, 0.25) is 11.8 Å². The molecule has 1 aliphatic carbocycles. The molecular formula is C20H28N2O3. The minimum atomic E-state index is -0.764. The number of carbonyl (C=O) groups is 2. The van der Waals surface area contributed by atoms with Gasteiger partial charge in [0.15, 0.2) is 0 Å². The smallest absolute Gasteiger partial charge is 0.227 e. The Morgan fingerprint density at radius 2 is 1.84 bits per heavy atom. The van der Waals surface area contributed by atoms with Crippen LogP contribution in [-0.2, 0) is 16.0 Å². The molecule has 5 heteroatoms. The molecule has 0 saturated heterocycles. The first-order valence-electron chi connectivity index (χ1n) is 9.45. The van der Waals surface area contributed by atoms with Crippen molar-refractivity contribution in [3.63, 3.8) is 0 Å². The summed E-state index contributed by atoms with van der Waals surface area (Å²) in [4.78, 5) is 26.2. The van der Waals surface area contributed by atoms with Crippen molar-refractivity contribution in [1.82, 2.24) is 5.32 Å². The molecule has 1 aromatic carbocycles. The Kier molecular flexibility index (Phi) is 5.74. The Bertz CT molecular complexity index is 621. The van der Waals surface area contributed by atoms with Gasteiger partial charge >= 0.3 is 0 Å². The number of fused-ring (bicyclic) bond motifs is 1. The molecule has 2 amide bonds. The summed E-state index contributed by atoms with van der Waals surface area (Å²) >= 11 is 0. The van der Waals surface area contributed by atoms with Gasteiger partial charge in [-0.15, -0.1) is 0 Å². The highest BCUT2D eigenvalue weighted by atomic mass is 16.3. The van der Waals surface area contributed by atoms with Crippen molar-refractivity contribution in [2.45, 2.75) is 63.4 Å². The van der Waals surface area contributed by atoms with E-state index in [4.69, 9.17) is 0 Å². The number of amides is 2. The fourth-order valence-electron chi connectivity index (χ4n) is 3.87. The summed E-state index contributed by atoms with van der Waals surface area (Å²) < 4.78 is 0. The van der Waals surface area contributed by atoms with E-state index < -0.39 is 5.60 Å². The maximum Gasteiger partial charge on any atom is 0.227 e. The summed E-state index contributed by atoms with van der Waals surface area (Å²) in [5.41, 5.74) is 1.32. The zero-order chi connectivity index (χ0) is 17.7. The minimum Gasteiger partial charge on any atom is -0.388 e. The zero-order valence-electron chi connectivity index (χ0n) is 14.8. The van der Waals surface area contributed by atoms with Crippen molar-refractivity contribution < 1.29 is 14.7 Å². The molecular weight excluding hydrogens is 316 g/mol. The summed E-state index contributed by atoms with van der Waals surface area (Å²) in [5, 5.41) is 13.5. The summed E-state index contributed by atoms with van der Waals surface area (Å²) in [5.74, 6) is -0.0255. The number of rotatable bonds is 5. The Balaban J connectivity index is 1.51. The van der Waals surface area contributed by atoms with Crippen molar-refractivity contribution >= 4 is 17.5 Å². The molecule has 1 heterocycles. The van der Waals surface area contributed by atoms with Gasteiger partial charge in [0, 0.05) is 31.6 Å². The lowest BCUT2D eigenvalue weighted by Gasteiger charge is -2.30. The number of nitrogens with one attached hydrogen (secondary N) is 1. The van der Waals surface area contributed by atoms with E-state index in [1.807, 2.05) is 24.3 Å². The van der Waals surface area contributed by atoms with Crippen LogP contribution in [0.5, 0.6) is 0 Å². The second-order valence-corrected chi connectivity index (χ2v) is 7.34. The second-order valence-electron chi connectivity index (χ2n) is 7.34. The second kappa shape index (κ2) is 8.00. The van der Waals surface area contributed by atoms with E-state index in [2.05, 4.69) is 5.32 Å². The number of para-hydroxylation sites is 1. The minimum absolute atomic E-state index is 0.0777. The van der Waals surface area contributed by atoms with Crippen LogP contribution in [0.2, 0.25) is 0 Å². The summed E-state index contributed by atoms with van der Waals surface area (Å²) in [7, 11) is 0. The number of benzene rings is 1. The maximum atomic E-state index is 12.2. The quantitative estimate of drug-likeness (QED) is 0.807. The molecule has 136 valence electrons. The van der Waals surface area contributed by atoms with Crippen LogP contribution in [-0.4, -0.2) is 35.6 Å². The van der Waals surface area contributed by atoms with E-state index >= 15 is 0 Å². The van der Waals surface area contributed by atoms with Gasteiger partial charge in [-0.1, -0.05) is 43.9 Å². The number of carbonyl (C=O) groups excluding carboxylic acids is 2. The van der Waals surface area contributed by atoms with Gasteiger partial charge in [0.1, 0.15) is 0 Å². The predicted molar refractivity (Wildman–Crippen MR) is 97.4 cm³/mol. The van der Waals surface area contributed by atoms with E-state index in [0.717, 1.165) is 56.2 Å². The fourth-order valence-corrected chi connectivity index (χ4v) is 3.87. The van der Waals surface area contributed by atoms with Crippen molar-refractivity contribution in [3.05, 3.63) is 29.8 Å². The van der Waals surface area contributed by atoms with Crippen LogP contribution in [0.15, 0.2) is 24.3 Å². The molecule has 1 aromatic rings. The molecule has 0 radical (unpaired) electrons. The maximum absolute atomic E-state index is 12.2. The molecule has 1 fully saturated rings. The third kappa shape index (κ3) is 4.60. The Morgan fingerprint density at radius 3 is 2.60 bits per heavy atom. The van der Waals surface area contributed by atoms with Gasteiger partial charge in [-0.2, -0.15) is 0 Å². The van der Waals surface area contributed by atoms with E-state index in [9.17, 15) is 14.7 Å². The van der Waals surface area contributed by atoms with E-state index in [1.165, 1.54) is 0 Å². The molecule has 0 unspecified atom stereocenters. The number of hydrogen-bond acceptors (Lipinski definition) is 3. The lowest BCUT2D eigenvalue weighted by atomic mass is 9.94. The molecule has 2 N–H and O–H groups in total. The first-order valence-corrected chi connectivity index (χ1v) is 9.45. The van der Waals surface area contributed by atoms with Crippen LogP contribution in [0.25, 0.3) is 0 Å². The van der Waals surface area contributed by atoms with Gasteiger partial charge in [0.25, 0.3) is 0 Å². The number of nitrogens with zero attached hydrogens (tertiary/aromatic N) is 1. The van der Waals surface area contributed by atoms with Gasteiger partial charge in [-0.25, -0.2) is 0 Å². The molecule has 0 atom stereocenters. The van der Waals surface area contributed by atoms with Crippen LogP contribution in [0, 0.1) is 0 Å². The molecule has 2 aliphatic rings. The Labute approximate surface area is 149 Å². The van der Waals surface area contributed by atoms with E-state index in [0.29, 0.717) is 19.5 Å². The normalized spacial score (nSPS) is 19.9. The molecule has 0 spiro atoms. The highest BCUT2D eigenvalue weighted by Crippen LogP contribution is 2.28. The molecule has 3 rings (SSSR count). The van der Waals surface area contributed by atoms with Gasteiger partial charge in [-0.3, -0.25) is 9.59 Å². The molecule has 5 nitrogen and oxygen atoms in total. The highest BCUT2D eigenvalue weighted by Gasteiger charge is 2.29. The molecule has 0 aromatic heterocycles. The fraction of sp³-hybridized carbons (Fsp3) is 0.600. The third-order valence-corrected chi connectivity index (χ3v) is 5.40. The lowest BCUT2D eigenvalue weighted by molar-refractivity contribution is -0.122. The van der Waals surface area contributed by atoms with E-state index in [-0.39, 0.29) is 18.2 Å². The van der Waals surface area contributed by atoms with Crippen molar-refractivity contribution in [1.29, 1.82) is 0 Å². The van der Waals surface area contributed by atoms with Gasteiger partial charge in [-0.05, 0) is 30.9 Å². The van der Waals surface area contributed by atoms with Crippen LogP contribution in [0.1, 0.15) is 56.9 Å². The van der Waals surface area contributed by atoms with Crippen molar-refractivity contribution in [3.8, 4) is 0 Å². The van der Waals surface area contributed by atoms with Crippen LogP contribution in [0.4, 0.5) is 5.69 Å². The Morgan fingerprint density at radius 1 is 1.12 bits per heavy atom. The van der Waals surface area contributed by atoms with Crippen molar-refractivity contribution in [2.24, 2.45) is 0 Å². The lowest BCUT2D eigenvalue weighted by Crippen LogP contribution is -2.44. The molecule has 1 saturated carbocycles. The molecule has 1 aliphatic heterocycles. The topological polar surface area (TPSA) is 69.6 Å². The number of aryl methyl sites for hydroxylation is 1. The van der Waals surface area contributed by atoms with Gasteiger partial charge < -0.3 is 15.3 Å². The monoisotopic (exact) mass is 344 g/mol. The van der Waals surface area contributed by atoms with Crippen molar-refractivity contribution in [2.75, 3.05) is 18.0 Å². The standard InChI is InChI=1S/C20H28N2O3/c23-18(21-15-20(25)12-5-1-2-6-13-20)11-14-22-17-8-4-3-7-16(17)9-10-19(22)24/h3-4,7-8,25H,1-2,5-6,9-15H2,(H,21,23). The Hall–Kier alpha value is -1.88. The van der Waals surface area contributed by atoms with Crippen LogP contribution >= 0.6 is 0 Å². The summed E-state index contributed by atoms with van der Waals surface area (Å²) in [6.45, 7) is 0.705. The average molecular weight is 344 g/mol. The largest absolute Gasteiger partial charge is 0.388 e. The molecule has 25 heavy (non-hydrogen) atoms. The zero-order valence-corrected chi connectivity index (χ0v) is 14.8. The van der Waals surface area contributed by atoms with Gasteiger partial charge in [0.05, 0.1) is 5.60 Å². The average Bonchev–Trinajstić information content (AvgIpc) is 2.84.